The summed E-state index contributed by atoms with van der Waals surface area (Å²) >= 11 is 0. The summed E-state index contributed by atoms with van der Waals surface area (Å²) in [4.78, 5) is 27.7. The predicted molar refractivity (Wildman–Crippen MR) is 87.5 cm³/mol. The highest BCUT2D eigenvalue weighted by Crippen LogP contribution is 2.34. The van der Waals surface area contributed by atoms with Gasteiger partial charge in [-0.25, -0.2) is 9.78 Å². The maximum absolute atomic E-state index is 11.9. The van der Waals surface area contributed by atoms with Gasteiger partial charge in [-0.05, 0) is 39.7 Å². The molecule has 3 rings (SSSR count). The molecule has 0 atom stereocenters. The molecule has 24 heavy (non-hydrogen) atoms. The molecule has 1 aliphatic rings. The molecule has 0 bridgehead atoms. The molecule has 2 heterocycles. The lowest BCUT2D eigenvalue weighted by atomic mass is 10.2. The van der Waals surface area contributed by atoms with Crippen molar-refractivity contribution in [3.05, 3.63) is 34.9 Å². The number of amides is 1. The van der Waals surface area contributed by atoms with Crippen molar-refractivity contribution in [3.8, 4) is 11.5 Å². The number of H-pyrrole nitrogens is 1. The Morgan fingerprint density at radius 1 is 1.42 bits per heavy atom. The molecule has 0 aliphatic heterocycles. The van der Waals surface area contributed by atoms with Crippen molar-refractivity contribution in [1.82, 2.24) is 14.8 Å². The van der Waals surface area contributed by atoms with Gasteiger partial charge in [-0.3, -0.25) is 19.9 Å². The molecule has 0 aromatic carbocycles. The van der Waals surface area contributed by atoms with Crippen LogP contribution in [-0.4, -0.2) is 26.5 Å². The minimum absolute atomic E-state index is 0.205. The van der Waals surface area contributed by atoms with Gasteiger partial charge in [-0.1, -0.05) is 0 Å². The molecule has 0 radical (unpaired) electrons. The third-order valence-electron chi connectivity index (χ3n) is 3.24. The second-order valence-electron chi connectivity index (χ2n) is 6.68. The number of carbonyl (C=O) groups excluding carboxylic acids is 1. The highest BCUT2D eigenvalue weighted by molar-refractivity contribution is 5.83. The molecule has 2 aromatic heterocycles. The number of nitrogens with zero attached hydrogens (tertiary/aromatic N) is 2. The fraction of sp³-hybridized carbons (Fsp3) is 0.438. The quantitative estimate of drug-likeness (QED) is 0.896. The summed E-state index contributed by atoms with van der Waals surface area (Å²) in [6, 6.07) is 3.49. The van der Waals surface area contributed by atoms with E-state index in [9.17, 15) is 9.59 Å². The summed E-state index contributed by atoms with van der Waals surface area (Å²) < 4.78 is 12.5. The van der Waals surface area contributed by atoms with Crippen LogP contribution >= 0.6 is 0 Å². The van der Waals surface area contributed by atoms with Gasteiger partial charge < -0.3 is 9.47 Å². The zero-order valence-electron chi connectivity index (χ0n) is 13.8. The van der Waals surface area contributed by atoms with Gasteiger partial charge >= 0.3 is 11.7 Å². The zero-order valence-corrected chi connectivity index (χ0v) is 13.8. The van der Waals surface area contributed by atoms with Crippen LogP contribution < -0.4 is 15.6 Å². The van der Waals surface area contributed by atoms with Crippen LogP contribution in [0.25, 0.3) is 0 Å². The van der Waals surface area contributed by atoms with Crippen molar-refractivity contribution in [3.63, 3.8) is 0 Å². The van der Waals surface area contributed by atoms with Crippen molar-refractivity contribution in [2.75, 3.05) is 5.32 Å². The van der Waals surface area contributed by atoms with Gasteiger partial charge in [0.2, 0.25) is 5.75 Å². The maximum Gasteiger partial charge on any atom is 0.413 e. The van der Waals surface area contributed by atoms with Crippen LogP contribution in [0.5, 0.6) is 11.5 Å². The summed E-state index contributed by atoms with van der Waals surface area (Å²) in [7, 11) is 0. The molecule has 1 fully saturated rings. The number of ether oxygens (including phenoxy) is 2. The first-order valence-corrected chi connectivity index (χ1v) is 7.75. The van der Waals surface area contributed by atoms with E-state index in [-0.39, 0.29) is 17.1 Å². The van der Waals surface area contributed by atoms with Crippen LogP contribution in [0.4, 0.5) is 10.6 Å². The molecular formula is C16H20N4O4. The van der Waals surface area contributed by atoms with E-state index >= 15 is 0 Å². The fourth-order valence-corrected chi connectivity index (χ4v) is 2.09. The second-order valence-corrected chi connectivity index (χ2v) is 6.68. The normalized spacial score (nSPS) is 14.3. The van der Waals surface area contributed by atoms with Crippen LogP contribution in [0.3, 0.4) is 0 Å². The van der Waals surface area contributed by atoms with E-state index in [4.69, 9.17) is 9.47 Å². The number of hydrogen-bond acceptors (Lipinski definition) is 5. The van der Waals surface area contributed by atoms with E-state index in [2.05, 4.69) is 15.4 Å². The standard InChI is InChI=1S/C16H20N4O4/c1-16(2,3)24-15(22)18-13-8-11(6-7-17-13)23-12-9-20(10-4-5-10)19-14(12)21/h6-10H,4-5H2,1-3H3,(H,19,21)(H,17,18,22). The smallest absolute Gasteiger partial charge is 0.413 e. The lowest BCUT2D eigenvalue weighted by molar-refractivity contribution is 0.0635. The molecular weight excluding hydrogens is 312 g/mol. The molecule has 0 unspecified atom stereocenters. The second kappa shape index (κ2) is 6.03. The fourth-order valence-electron chi connectivity index (χ4n) is 2.09. The summed E-state index contributed by atoms with van der Waals surface area (Å²) in [5.74, 6) is 0.881. The van der Waals surface area contributed by atoms with Crippen LogP contribution in [0.2, 0.25) is 0 Å². The van der Waals surface area contributed by atoms with E-state index in [1.54, 1.807) is 37.7 Å². The van der Waals surface area contributed by atoms with Gasteiger partial charge in [-0.2, -0.15) is 0 Å². The van der Waals surface area contributed by atoms with Gasteiger partial charge in [0.25, 0.3) is 0 Å². The molecule has 128 valence electrons. The highest BCUT2D eigenvalue weighted by atomic mass is 16.6. The lowest BCUT2D eigenvalue weighted by Crippen LogP contribution is -2.27. The largest absolute Gasteiger partial charge is 0.450 e. The summed E-state index contributed by atoms with van der Waals surface area (Å²) in [5, 5.41) is 5.26. The van der Waals surface area contributed by atoms with Crippen LogP contribution in [-0.2, 0) is 4.74 Å². The van der Waals surface area contributed by atoms with Gasteiger partial charge in [0, 0.05) is 12.3 Å². The van der Waals surface area contributed by atoms with Gasteiger partial charge in [-0.15, -0.1) is 0 Å². The number of anilines is 1. The van der Waals surface area contributed by atoms with Gasteiger partial charge in [0.05, 0.1) is 12.2 Å². The minimum atomic E-state index is -0.607. The molecule has 2 N–H and O–H groups in total. The molecule has 1 amide bonds. The van der Waals surface area contributed by atoms with Crippen LogP contribution in [0.15, 0.2) is 29.3 Å². The number of rotatable bonds is 4. The molecule has 8 nitrogen and oxygen atoms in total. The third-order valence-corrected chi connectivity index (χ3v) is 3.24. The van der Waals surface area contributed by atoms with Crippen molar-refractivity contribution < 1.29 is 14.3 Å². The SMILES string of the molecule is CC(C)(C)OC(=O)Nc1cc(Oc2cn(C3CC3)[nH]c2=O)ccn1. The zero-order chi connectivity index (χ0) is 17.3. The lowest BCUT2D eigenvalue weighted by Gasteiger charge is -2.19. The summed E-state index contributed by atoms with van der Waals surface area (Å²) in [6.07, 6.45) is 4.65. The topological polar surface area (TPSA) is 98.2 Å². The molecule has 8 heteroatoms. The monoisotopic (exact) mass is 332 g/mol. The predicted octanol–water partition coefficient (Wildman–Crippen LogP) is 3.05. The molecule has 0 saturated heterocycles. The Morgan fingerprint density at radius 2 is 2.17 bits per heavy atom. The number of aromatic amines is 1. The Bertz CT molecular complexity index is 799. The Labute approximate surface area is 138 Å². The van der Waals surface area contributed by atoms with Gasteiger partial charge in [0.1, 0.15) is 17.2 Å². The third kappa shape index (κ3) is 4.15. The van der Waals surface area contributed by atoms with Crippen LogP contribution in [0, 0.1) is 0 Å². The number of pyridine rings is 1. The Hall–Kier alpha value is -2.77. The minimum Gasteiger partial charge on any atom is -0.450 e. The molecule has 1 saturated carbocycles. The van der Waals surface area contributed by atoms with E-state index in [0.29, 0.717) is 11.8 Å². The number of carbonyl (C=O) groups is 1. The highest BCUT2D eigenvalue weighted by Gasteiger charge is 2.25. The first-order valence-electron chi connectivity index (χ1n) is 7.75. The molecule has 0 spiro atoms. The molecule has 2 aromatic rings. The summed E-state index contributed by atoms with van der Waals surface area (Å²) in [6.45, 7) is 5.32. The number of hydrogen-bond donors (Lipinski definition) is 2. The number of aromatic nitrogens is 3. The first kappa shape index (κ1) is 16.1. The average Bonchev–Trinajstić information content (AvgIpc) is 3.23. The van der Waals surface area contributed by atoms with Crippen molar-refractivity contribution in [2.45, 2.75) is 45.3 Å². The Morgan fingerprint density at radius 3 is 2.83 bits per heavy atom. The number of nitrogens with one attached hydrogen (secondary N) is 2. The van der Waals surface area contributed by atoms with E-state index in [1.165, 1.54) is 12.3 Å². The Kier molecular flexibility index (Phi) is 4.04. The van der Waals surface area contributed by atoms with Crippen LogP contribution in [0.1, 0.15) is 39.7 Å². The van der Waals surface area contributed by atoms with E-state index in [0.717, 1.165) is 12.8 Å². The van der Waals surface area contributed by atoms with E-state index < -0.39 is 11.7 Å². The Balaban J connectivity index is 1.69. The maximum atomic E-state index is 11.9. The first-order chi connectivity index (χ1) is 11.3. The molecule has 1 aliphatic carbocycles. The van der Waals surface area contributed by atoms with Crippen molar-refractivity contribution in [1.29, 1.82) is 0 Å². The van der Waals surface area contributed by atoms with Crippen molar-refractivity contribution >= 4 is 11.9 Å². The average molecular weight is 332 g/mol. The van der Waals surface area contributed by atoms with Gasteiger partial charge in [0.15, 0.2) is 0 Å². The summed E-state index contributed by atoms with van der Waals surface area (Å²) in [5.41, 5.74) is -0.891. The van der Waals surface area contributed by atoms with Crippen molar-refractivity contribution in [2.24, 2.45) is 0 Å². The van der Waals surface area contributed by atoms with E-state index in [1.807, 2.05) is 0 Å².